The van der Waals surface area contributed by atoms with E-state index in [0.29, 0.717) is 24.3 Å². The van der Waals surface area contributed by atoms with Gasteiger partial charge in [0.2, 0.25) is 0 Å². The maximum Gasteiger partial charge on any atom is 0.157 e. The van der Waals surface area contributed by atoms with Gasteiger partial charge in [-0.3, -0.25) is 4.79 Å². The van der Waals surface area contributed by atoms with Gasteiger partial charge >= 0.3 is 0 Å². The van der Waals surface area contributed by atoms with E-state index >= 15 is 0 Å². The van der Waals surface area contributed by atoms with Gasteiger partial charge in [0.15, 0.2) is 5.78 Å². The Balaban J connectivity index is 2.45. The fourth-order valence-corrected chi connectivity index (χ4v) is 2.42. The number of ketones is 1. The number of carbonyl (C=O) groups excluding carboxylic acids is 1. The second-order valence-corrected chi connectivity index (χ2v) is 4.70. The third-order valence-electron chi connectivity index (χ3n) is 3.59. The summed E-state index contributed by atoms with van der Waals surface area (Å²) in [6.07, 6.45) is 3.14. The third-order valence-corrected chi connectivity index (χ3v) is 3.59. The van der Waals surface area contributed by atoms with Crippen molar-refractivity contribution >= 4 is 5.78 Å². The zero-order valence-corrected chi connectivity index (χ0v) is 10.9. The number of hydrogen-bond acceptors (Lipinski definition) is 4. The van der Waals surface area contributed by atoms with Crippen LogP contribution in [0.15, 0.2) is 18.2 Å². The van der Waals surface area contributed by atoms with Gasteiger partial charge in [-0.15, -0.1) is 0 Å². The summed E-state index contributed by atoms with van der Waals surface area (Å²) in [6.45, 7) is 0. The van der Waals surface area contributed by atoms with Gasteiger partial charge < -0.3 is 15.2 Å². The van der Waals surface area contributed by atoms with Crippen molar-refractivity contribution in [2.24, 2.45) is 5.73 Å². The molecule has 4 heteroatoms. The number of carbonyl (C=O) groups is 1. The van der Waals surface area contributed by atoms with Crippen LogP contribution in [-0.2, 0) is 10.3 Å². The summed E-state index contributed by atoms with van der Waals surface area (Å²) < 4.78 is 10.4. The Kier molecular flexibility index (Phi) is 3.57. The fraction of sp³-hybridized carbons (Fsp3) is 0.500. The highest BCUT2D eigenvalue weighted by atomic mass is 16.5. The molecule has 2 rings (SSSR count). The van der Waals surface area contributed by atoms with Gasteiger partial charge in [0, 0.05) is 12.5 Å². The molecule has 4 nitrogen and oxygen atoms in total. The SMILES string of the molecule is COc1cc(OC)cc(C2(N)CCCCC2=O)c1. The summed E-state index contributed by atoms with van der Waals surface area (Å²) in [6, 6.07) is 5.43. The van der Waals surface area contributed by atoms with E-state index in [0.717, 1.165) is 18.4 Å². The number of Topliss-reactive ketones (excluding diaryl/α,β-unsaturated/α-hetero) is 1. The summed E-state index contributed by atoms with van der Waals surface area (Å²) >= 11 is 0. The Labute approximate surface area is 107 Å². The summed E-state index contributed by atoms with van der Waals surface area (Å²) in [7, 11) is 3.18. The first kappa shape index (κ1) is 12.9. The molecule has 18 heavy (non-hydrogen) atoms. The standard InChI is InChI=1S/C14H19NO3/c1-17-11-7-10(8-12(9-11)18-2)14(15)6-4-3-5-13(14)16/h7-9H,3-6,15H2,1-2H3. The first-order chi connectivity index (χ1) is 8.60. The average Bonchev–Trinajstić information content (AvgIpc) is 2.41. The largest absolute Gasteiger partial charge is 0.497 e. The molecule has 1 saturated carbocycles. The van der Waals surface area contributed by atoms with Crippen molar-refractivity contribution in [2.75, 3.05) is 14.2 Å². The molecule has 98 valence electrons. The van der Waals surface area contributed by atoms with E-state index < -0.39 is 5.54 Å². The average molecular weight is 249 g/mol. The van der Waals surface area contributed by atoms with Gasteiger partial charge in [0.05, 0.1) is 14.2 Å². The van der Waals surface area contributed by atoms with Crippen molar-refractivity contribution in [3.05, 3.63) is 23.8 Å². The Morgan fingerprint density at radius 3 is 2.22 bits per heavy atom. The van der Waals surface area contributed by atoms with Crippen LogP contribution in [0.4, 0.5) is 0 Å². The molecule has 1 unspecified atom stereocenters. The molecule has 0 spiro atoms. The summed E-state index contributed by atoms with van der Waals surface area (Å²) in [5.74, 6) is 1.42. The number of methoxy groups -OCH3 is 2. The van der Waals surface area contributed by atoms with Crippen LogP contribution in [0.3, 0.4) is 0 Å². The Bertz CT molecular complexity index is 436. The van der Waals surface area contributed by atoms with Crippen molar-refractivity contribution in [3.63, 3.8) is 0 Å². The van der Waals surface area contributed by atoms with Crippen molar-refractivity contribution in [1.29, 1.82) is 0 Å². The monoisotopic (exact) mass is 249 g/mol. The van der Waals surface area contributed by atoms with Crippen LogP contribution < -0.4 is 15.2 Å². The zero-order chi connectivity index (χ0) is 13.2. The minimum absolute atomic E-state index is 0.101. The highest BCUT2D eigenvalue weighted by Gasteiger charge is 2.38. The van der Waals surface area contributed by atoms with E-state index in [4.69, 9.17) is 15.2 Å². The lowest BCUT2D eigenvalue weighted by Gasteiger charge is -2.32. The molecule has 1 aliphatic carbocycles. The second-order valence-electron chi connectivity index (χ2n) is 4.70. The van der Waals surface area contributed by atoms with Gasteiger partial charge in [-0.1, -0.05) is 6.42 Å². The molecule has 1 aliphatic rings. The van der Waals surface area contributed by atoms with Crippen molar-refractivity contribution < 1.29 is 14.3 Å². The summed E-state index contributed by atoms with van der Waals surface area (Å²) in [5.41, 5.74) is 6.20. The Hall–Kier alpha value is -1.55. The molecule has 1 fully saturated rings. The molecule has 0 aromatic heterocycles. The minimum atomic E-state index is -0.889. The van der Waals surface area contributed by atoms with Gasteiger partial charge in [0.1, 0.15) is 17.0 Å². The fourth-order valence-electron chi connectivity index (χ4n) is 2.42. The Morgan fingerprint density at radius 1 is 1.11 bits per heavy atom. The smallest absolute Gasteiger partial charge is 0.157 e. The highest BCUT2D eigenvalue weighted by Crippen LogP contribution is 2.35. The van der Waals surface area contributed by atoms with Crippen LogP contribution in [0.2, 0.25) is 0 Å². The second kappa shape index (κ2) is 4.98. The van der Waals surface area contributed by atoms with Gasteiger partial charge in [0.25, 0.3) is 0 Å². The topological polar surface area (TPSA) is 61.6 Å². The summed E-state index contributed by atoms with van der Waals surface area (Å²) in [4.78, 5) is 12.1. The summed E-state index contributed by atoms with van der Waals surface area (Å²) in [5, 5.41) is 0. The quantitative estimate of drug-likeness (QED) is 0.890. The number of hydrogen-bond donors (Lipinski definition) is 1. The van der Waals surface area contributed by atoms with Crippen LogP contribution in [0.25, 0.3) is 0 Å². The predicted molar refractivity (Wildman–Crippen MR) is 68.9 cm³/mol. The molecule has 2 N–H and O–H groups in total. The molecule has 0 heterocycles. The molecule has 1 aromatic carbocycles. The predicted octanol–water partition coefficient (Wildman–Crippen LogP) is 2.00. The van der Waals surface area contributed by atoms with E-state index in [1.54, 1.807) is 20.3 Å². The molecule has 0 bridgehead atoms. The van der Waals surface area contributed by atoms with Crippen molar-refractivity contribution in [1.82, 2.24) is 0 Å². The van der Waals surface area contributed by atoms with Gasteiger partial charge in [-0.05, 0) is 30.5 Å². The molecule has 1 atom stereocenters. The number of benzene rings is 1. The van der Waals surface area contributed by atoms with Crippen LogP contribution >= 0.6 is 0 Å². The normalized spacial score (nSPS) is 23.8. The molecule has 0 saturated heterocycles. The van der Waals surface area contributed by atoms with Gasteiger partial charge in [-0.2, -0.15) is 0 Å². The first-order valence-electron chi connectivity index (χ1n) is 6.16. The molecular weight excluding hydrogens is 230 g/mol. The lowest BCUT2D eigenvalue weighted by Crippen LogP contribution is -2.46. The van der Waals surface area contributed by atoms with Crippen molar-refractivity contribution in [3.8, 4) is 11.5 Å². The van der Waals surface area contributed by atoms with E-state index in [2.05, 4.69) is 0 Å². The first-order valence-corrected chi connectivity index (χ1v) is 6.16. The maximum absolute atomic E-state index is 12.1. The molecule has 1 aromatic rings. The molecule has 0 radical (unpaired) electrons. The maximum atomic E-state index is 12.1. The number of ether oxygens (including phenoxy) is 2. The van der Waals surface area contributed by atoms with Crippen LogP contribution in [-0.4, -0.2) is 20.0 Å². The number of rotatable bonds is 3. The molecule has 0 amide bonds. The third kappa shape index (κ3) is 2.20. The molecule has 0 aliphatic heterocycles. The van der Waals surface area contributed by atoms with E-state index in [-0.39, 0.29) is 5.78 Å². The van der Waals surface area contributed by atoms with Crippen molar-refractivity contribution in [2.45, 2.75) is 31.2 Å². The molecular formula is C14H19NO3. The minimum Gasteiger partial charge on any atom is -0.497 e. The van der Waals surface area contributed by atoms with E-state index in [1.165, 1.54) is 0 Å². The highest BCUT2D eigenvalue weighted by molar-refractivity contribution is 5.90. The van der Waals surface area contributed by atoms with Crippen LogP contribution in [0, 0.1) is 0 Å². The van der Waals surface area contributed by atoms with Crippen LogP contribution in [0.1, 0.15) is 31.2 Å². The lowest BCUT2D eigenvalue weighted by atomic mass is 9.76. The van der Waals surface area contributed by atoms with Gasteiger partial charge in [-0.25, -0.2) is 0 Å². The Morgan fingerprint density at radius 2 is 1.72 bits per heavy atom. The zero-order valence-electron chi connectivity index (χ0n) is 10.9. The van der Waals surface area contributed by atoms with Crippen LogP contribution in [0.5, 0.6) is 11.5 Å². The van der Waals surface area contributed by atoms with E-state index in [1.807, 2.05) is 12.1 Å². The number of nitrogens with two attached hydrogens (primary N) is 1. The lowest BCUT2D eigenvalue weighted by molar-refractivity contribution is -0.126. The van der Waals surface area contributed by atoms with E-state index in [9.17, 15) is 4.79 Å².